The van der Waals surface area contributed by atoms with Crippen LogP contribution in [0, 0.1) is 12.3 Å². The Morgan fingerprint density at radius 1 is 1.00 bits per heavy atom. The Bertz CT molecular complexity index is 1230. The second kappa shape index (κ2) is 10.7. The van der Waals surface area contributed by atoms with Crippen LogP contribution in [-0.4, -0.2) is 29.5 Å². The van der Waals surface area contributed by atoms with Crippen molar-refractivity contribution in [2.45, 2.75) is 26.2 Å². The number of hydrogen-bond donors (Lipinski definition) is 5. The van der Waals surface area contributed by atoms with Crippen LogP contribution >= 0.6 is 0 Å². The lowest BCUT2D eigenvalue weighted by atomic mass is 10.1. The highest BCUT2D eigenvalue weighted by Crippen LogP contribution is 2.27. The van der Waals surface area contributed by atoms with E-state index >= 15 is 0 Å². The Labute approximate surface area is 203 Å². The van der Waals surface area contributed by atoms with Gasteiger partial charge in [0.25, 0.3) is 0 Å². The second-order valence-corrected chi connectivity index (χ2v) is 8.28. The maximum absolute atomic E-state index is 13.3. The van der Waals surface area contributed by atoms with Gasteiger partial charge in [-0.1, -0.05) is 30.3 Å². The molecule has 1 fully saturated rings. The summed E-state index contributed by atoms with van der Waals surface area (Å²) < 4.78 is 0. The fourth-order valence-electron chi connectivity index (χ4n) is 4.02. The number of carbonyl (C=O) groups excluding carboxylic acids is 2. The van der Waals surface area contributed by atoms with Crippen molar-refractivity contribution in [3.05, 3.63) is 83.9 Å². The molecule has 0 radical (unpaired) electrons. The monoisotopic (exact) mass is 472 g/mol. The van der Waals surface area contributed by atoms with E-state index in [0.29, 0.717) is 35.6 Å². The van der Waals surface area contributed by atoms with Crippen molar-refractivity contribution in [3.8, 4) is 0 Å². The molecular weight excluding hydrogens is 444 g/mol. The van der Waals surface area contributed by atoms with Gasteiger partial charge in [-0.25, -0.2) is 9.80 Å². The molecule has 1 aliphatic rings. The van der Waals surface area contributed by atoms with Gasteiger partial charge in [0.15, 0.2) is 0 Å². The number of amidine groups is 1. The Morgan fingerprint density at radius 3 is 2.51 bits per heavy atom. The second-order valence-electron chi connectivity index (χ2n) is 8.28. The van der Waals surface area contributed by atoms with Gasteiger partial charge in [-0.05, 0) is 67.8 Å². The lowest BCUT2D eigenvalue weighted by Gasteiger charge is -2.29. The SMILES string of the molecule is Cc1cc(NC(=O)N(Nc2cccc(C(=N)NO)c2)c2ccccc2)ccc1N1CCCCC1=O. The summed E-state index contributed by atoms with van der Waals surface area (Å²) in [6.45, 7) is 2.63. The molecule has 1 saturated heterocycles. The number of aryl methyl sites for hydroxylation is 1. The number of hydrogen-bond acceptors (Lipinski definition) is 5. The molecule has 4 rings (SSSR count). The van der Waals surface area contributed by atoms with Gasteiger partial charge in [0.2, 0.25) is 5.91 Å². The van der Waals surface area contributed by atoms with Crippen LogP contribution in [0.5, 0.6) is 0 Å². The predicted molar refractivity (Wildman–Crippen MR) is 137 cm³/mol. The summed E-state index contributed by atoms with van der Waals surface area (Å²) in [7, 11) is 0. The third-order valence-corrected chi connectivity index (χ3v) is 5.78. The molecule has 3 aromatic rings. The van der Waals surface area contributed by atoms with Crippen LogP contribution in [0.4, 0.5) is 27.5 Å². The first-order valence-electron chi connectivity index (χ1n) is 11.4. The summed E-state index contributed by atoms with van der Waals surface area (Å²) in [6.07, 6.45) is 2.46. The van der Waals surface area contributed by atoms with Crippen LogP contribution < -0.4 is 26.1 Å². The lowest BCUT2D eigenvalue weighted by Crippen LogP contribution is -2.39. The van der Waals surface area contributed by atoms with E-state index < -0.39 is 6.03 Å². The van der Waals surface area contributed by atoms with Gasteiger partial charge in [0.1, 0.15) is 5.84 Å². The van der Waals surface area contributed by atoms with Gasteiger partial charge in [0, 0.05) is 29.9 Å². The first-order valence-corrected chi connectivity index (χ1v) is 11.4. The first-order chi connectivity index (χ1) is 17.0. The number of hydrazine groups is 1. The molecule has 0 unspecified atom stereocenters. The van der Waals surface area contributed by atoms with E-state index in [1.807, 2.05) is 47.6 Å². The number of hydroxylamine groups is 1. The number of rotatable bonds is 6. The summed E-state index contributed by atoms with van der Waals surface area (Å²) in [4.78, 5) is 27.5. The number of urea groups is 1. The van der Waals surface area contributed by atoms with Crippen molar-refractivity contribution < 1.29 is 14.8 Å². The van der Waals surface area contributed by atoms with Crippen molar-refractivity contribution in [1.29, 1.82) is 5.41 Å². The molecule has 0 spiro atoms. The topological polar surface area (TPSA) is 121 Å². The molecule has 0 saturated carbocycles. The maximum Gasteiger partial charge on any atom is 0.345 e. The van der Waals surface area contributed by atoms with Gasteiger partial charge in [0.05, 0.1) is 11.4 Å². The zero-order chi connectivity index (χ0) is 24.8. The quantitative estimate of drug-likeness (QED) is 0.199. The van der Waals surface area contributed by atoms with E-state index in [4.69, 9.17) is 10.6 Å². The van der Waals surface area contributed by atoms with Crippen molar-refractivity contribution >= 4 is 40.5 Å². The normalized spacial score (nSPS) is 13.2. The molecule has 35 heavy (non-hydrogen) atoms. The summed E-state index contributed by atoms with van der Waals surface area (Å²) in [5, 5.41) is 21.1. The van der Waals surface area contributed by atoms with Crippen LogP contribution in [0.3, 0.4) is 0 Å². The summed E-state index contributed by atoms with van der Waals surface area (Å²) in [5.74, 6) is -0.0330. The van der Waals surface area contributed by atoms with Crippen LogP contribution in [0.1, 0.15) is 30.4 Å². The van der Waals surface area contributed by atoms with Crippen LogP contribution in [0.15, 0.2) is 72.8 Å². The number of piperidine rings is 1. The smallest absolute Gasteiger partial charge is 0.312 e. The Kier molecular flexibility index (Phi) is 7.27. The van der Waals surface area contributed by atoms with Crippen LogP contribution in [-0.2, 0) is 4.79 Å². The van der Waals surface area contributed by atoms with Crippen molar-refractivity contribution in [2.75, 3.05) is 27.2 Å². The van der Waals surface area contributed by atoms with Crippen molar-refractivity contribution in [3.63, 3.8) is 0 Å². The molecule has 3 amide bonds. The van der Waals surface area contributed by atoms with Gasteiger partial charge in [-0.3, -0.25) is 26.3 Å². The average molecular weight is 473 g/mol. The van der Waals surface area contributed by atoms with Gasteiger partial charge in [-0.15, -0.1) is 0 Å². The Morgan fingerprint density at radius 2 is 1.80 bits per heavy atom. The number of amides is 3. The number of carbonyl (C=O) groups is 2. The van der Waals surface area contributed by atoms with Crippen molar-refractivity contribution in [2.24, 2.45) is 0 Å². The van der Waals surface area contributed by atoms with E-state index in [2.05, 4.69) is 10.7 Å². The third kappa shape index (κ3) is 5.59. The highest BCUT2D eigenvalue weighted by atomic mass is 16.5. The molecule has 1 heterocycles. The van der Waals surface area contributed by atoms with E-state index in [1.54, 1.807) is 42.5 Å². The zero-order valence-corrected chi connectivity index (χ0v) is 19.4. The molecule has 0 aliphatic carbocycles. The largest absolute Gasteiger partial charge is 0.345 e. The van der Waals surface area contributed by atoms with E-state index in [1.165, 1.54) is 5.01 Å². The lowest BCUT2D eigenvalue weighted by molar-refractivity contribution is -0.119. The molecule has 9 heteroatoms. The number of benzene rings is 3. The minimum atomic E-state index is -0.418. The predicted octanol–water partition coefficient (Wildman–Crippen LogP) is 4.88. The third-order valence-electron chi connectivity index (χ3n) is 5.78. The zero-order valence-electron chi connectivity index (χ0n) is 19.4. The molecule has 1 aliphatic heterocycles. The van der Waals surface area contributed by atoms with Crippen molar-refractivity contribution in [1.82, 2.24) is 5.48 Å². The molecular formula is C26H28N6O3. The highest BCUT2D eigenvalue weighted by Gasteiger charge is 2.22. The molecule has 180 valence electrons. The standard InChI is InChI=1S/C26H28N6O3/c1-18-16-20(13-14-23(18)31-15-6-5-12-24(31)33)28-26(34)32(22-10-3-2-4-11-22)29-21-9-7-8-19(17-21)25(27)30-35/h2-4,7-11,13-14,16-17,29,35H,5-6,12,15H2,1H3,(H2,27,30)(H,28,34). The summed E-state index contributed by atoms with van der Waals surface area (Å²) in [5.41, 5.74) is 8.88. The van der Waals surface area contributed by atoms with E-state index in [-0.39, 0.29) is 11.7 Å². The summed E-state index contributed by atoms with van der Waals surface area (Å²) >= 11 is 0. The van der Waals surface area contributed by atoms with Gasteiger partial charge < -0.3 is 10.2 Å². The van der Waals surface area contributed by atoms with Gasteiger partial charge in [-0.2, -0.15) is 0 Å². The van der Waals surface area contributed by atoms with E-state index in [0.717, 1.165) is 24.1 Å². The molecule has 0 atom stereocenters. The molecule has 0 aromatic heterocycles. The highest BCUT2D eigenvalue weighted by molar-refractivity contribution is 6.04. The van der Waals surface area contributed by atoms with E-state index in [9.17, 15) is 9.59 Å². The Hall–Kier alpha value is -4.37. The molecule has 5 N–H and O–H groups in total. The number of para-hydroxylation sites is 1. The minimum Gasteiger partial charge on any atom is -0.312 e. The number of nitrogens with zero attached hydrogens (tertiary/aromatic N) is 2. The average Bonchev–Trinajstić information content (AvgIpc) is 2.88. The molecule has 3 aromatic carbocycles. The minimum absolute atomic E-state index is 0.127. The maximum atomic E-state index is 13.3. The first kappa shape index (κ1) is 23.8. The molecule has 9 nitrogen and oxygen atoms in total. The number of anilines is 4. The van der Waals surface area contributed by atoms with Crippen LogP contribution in [0.2, 0.25) is 0 Å². The fraction of sp³-hybridized carbons (Fsp3) is 0.192. The van der Waals surface area contributed by atoms with Crippen LogP contribution in [0.25, 0.3) is 0 Å². The Balaban J connectivity index is 1.56. The fourth-order valence-corrected chi connectivity index (χ4v) is 4.02. The molecule has 0 bridgehead atoms. The number of nitrogens with one attached hydrogen (secondary N) is 4. The van der Waals surface area contributed by atoms with Gasteiger partial charge >= 0.3 is 6.03 Å². The summed E-state index contributed by atoms with van der Waals surface area (Å²) in [6, 6.07) is 21.0.